The minimum absolute atomic E-state index is 0. The molecule has 0 amide bonds. The van der Waals surface area contributed by atoms with Crippen LogP contribution in [0.1, 0.15) is 32.9 Å². The topological polar surface area (TPSA) is 17.8 Å². The molecule has 1 aromatic heterocycles. The zero-order valence-electron chi connectivity index (χ0n) is 15.4. The van der Waals surface area contributed by atoms with Crippen molar-refractivity contribution in [1.82, 2.24) is 9.78 Å². The van der Waals surface area contributed by atoms with Gasteiger partial charge < -0.3 is 0 Å². The Morgan fingerprint density at radius 3 is 2.50 bits per heavy atom. The zero-order chi connectivity index (χ0) is 18.1. The van der Waals surface area contributed by atoms with E-state index in [1.54, 1.807) is 6.07 Å². The second-order valence-corrected chi connectivity index (χ2v) is 7.36. The summed E-state index contributed by atoms with van der Waals surface area (Å²) < 4.78 is 1.99. The van der Waals surface area contributed by atoms with E-state index in [1.807, 2.05) is 23.9 Å². The third-order valence-electron chi connectivity index (χ3n) is 4.41. The van der Waals surface area contributed by atoms with Crippen LogP contribution < -0.4 is 0 Å². The Hall–Kier alpha value is -1.48. The maximum Gasteiger partial charge on any atom is 0.101 e. The van der Waals surface area contributed by atoms with E-state index in [1.165, 1.54) is 11.3 Å². The summed E-state index contributed by atoms with van der Waals surface area (Å²) in [6.45, 7) is 6.61. The average molecular weight is 410 g/mol. The molecule has 3 aromatic rings. The van der Waals surface area contributed by atoms with Gasteiger partial charge in [0, 0.05) is 33.6 Å². The molecule has 0 unspecified atom stereocenters. The fourth-order valence-corrected chi connectivity index (χ4v) is 3.82. The van der Waals surface area contributed by atoms with E-state index in [4.69, 9.17) is 28.3 Å². The number of rotatable bonds is 4. The minimum atomic E-state index is 0. The number of aryl methyl sites for hydroxylation is 1. The number of fused-ring (bicyclic) bond motifs is 1. The monoisotopic (exact) mass is 408 g/mol. The Bertz CT molecular complexity index is 955. The lowest BCUT2D eigenvalue weighted by molar-refractivity contribution is 0.744. The lowest BCUT2D eigenvalue weighted by Crippen LogP contribution is -2.02. The fraction of sp³-hybridized carbons (Fsp3) is 0.286. The van der Waals surface area contributed by atoms with Crippen LogP contribution in [0, 0.1) is 5.92 Å². The summed E-state index contributed by atoms with van der Waals surface area (Å²) in [5.41, 5.74) is 5.45. The highest BCUT2D eigenvalue weighted by Gasteiger charge is 2.18. The van der Waals surface area contributed by atoms with Crippen LogP contribution in [0.5, 0.6) is 0 Å². The highest BCUT2D eigenvalue weighted by Crippen LogP contribution is 2.37. The third kappa shape index (κ3) is 3.78. The normalized spacial score (nSPS) is 11.9. The predicted octanol–water partition coefficient (Wildman–Crippen LogP) is 7.42. The van der Waals surface area contributed by atoms with Gasteiger partial charge in [0.15, 0.2) is 0 Å². The van der Waals surface area contributed by atoms with Crippen LogP contribution in [-0.4, -0.2) is 9.78 Å². The predicted molar refractivity (Wildman–Crippen MR) is 117 cm³/mol. The number of nitrogens with zero attached hydrogens (tertiary/aromatic N) is 2. The molecule has 3 rings (SSSR count). The van der Waals surface area contributed by atoms with Crippen molar-refractivity contribution in [1.29, 1.82) is 0 Å². The minimum Gasteiger partial charge on any atom is -0.267 e. The number of halogens is 3. The average Bonchev–Trinajstić information content (AvgIpc) is 2.88. The zero-order valence-corrected chi connectivity index (χ0v) is 17.7. The van der Waals surface area contributed by atoms with Crippen molar-refractivity contribution in [2.75, 3.05) is 0 Å². The van der Waals surface area contributed by atoms with E-state index in [0.29, 0.717) is 16.0 Å². The summed E-state index contributed by atoms with van der Waals surface area (Å²) in [4.78, 5) is 0. The van der Waals surface area contributed by atoms with Crippen LogP contribution in [0.3, 0.4) is 0 Å². The van der Waals surface area contributed by atoms with Gasteiger partial charge in [-0.3, -0.25) is 4.68 Å². The van der Waals surface area contributed by atoms with Crippen molar-refractivity contribution < 1.29 is 0 Å². The first-order valence-electron chi connectivity index (χ1n) is 8.55. The second-order valence-electron chi connectivity index (χ2n) is 6.52. The number of benzene rings is 2. The molecule has 0 atom stereocenters. The van der Waals surface area contributed by atoms with Crippen LogP contribution in [0.15, 0.2) is 42.5 Å². The van der Waals surface area contributed by atoms with Crippen molar-refractivity contribution in [3.05, 3.63) is 58.2 Å². The van der Waals surface area contributed by atoms with Gasteiger partial charge in [0.05, 0.1) is 5.69 Å². The molecule has 0 saturated heterocycles. The molecule has 1 heterocycles. The lowest BCUT2D eigenvalue weighted by atomic mass is 9.94. The van der Waals surface area contributed by atoms with Gasteiger partial charge in [0.2, 0.25) is 0 Å². The second kappa shape index (κ2) is 8.47. The third-order valence-corrected chi connectivity index (χ3v) is 4.95. The molecule has 138 valence electrons. The van der Waals surface area contributed by atoms with E-state index in [9.17, 15) is 0 Å². The molecule has 0 N–H and O–H groups in total. The number of allylic oxidation sites excluding steroid dienone is 2. The summed E-state index contributed by atoms with van der Waals surface area (Å²) in [5, 5.41) is 7.25. The van der Waals surface area contributed by atoms with Gasteiger partial charge in [-0.05, 0) is 30.0 Å². The molecule has 0 aliphatic rings. The van der Waals surface area contributed by atoms with Gasteiger partial charge in [0.1, 0.15) is 5.52 Å². The van der Waals surface area contributed by atoms with Crippen molar-refractivity contribution >= 4 is 52.1 Å². The Morgan fingerprint density at radius 2 is 1.88 bits per heavy atom. The van der Waals surface area contributed by atoms with Crippen LogP contribution >= 0.6 is 35.6 Å². The van der Waals surface area contributed by atoms with Crippen LogP contribution in [-0.2, 0) is 7.05 Å². The van der Waals surface area contributed by atoms with Crippen molar-refractivity contribution in [2.24, 2.45) is 13.0 Å². The molecular weight excluding hydrogens is 387 g/mol. The van der Waals surface area contributed by atoms with Crippen LogP contribution in [0.4, 0.5) is 0 Å². The van der Waals surface area contributed by atoms with E-state index >= 15 is 0 Å². The van der Waals surface area contributed by atoms with E-state index in [2.05, 4.69) is 45.0 Å². The Balaban J connectivity index is 0.00000243. The van der Waals surface area contributed by atoms with E-state index in [0.717, 1.165) is 28.5 Å². The first-order valence-corrected chi connectivity index (χ1v) is 9.31. The van der Waals surface area contributed by atoms with Gasteiger partial charge in [0.25, 0.3) is 0 Å². The molecule has 5 heteroatoms. The first kappa shape index (κ1) is 20.8. The molecule has 0 bridgehead atoms. The fourth-order valence-electron chi connectivity index (χ4n) is 3.31. The molecular formula is C21H23Cl3N2. The van der Waals surface area contributed by atoms with E-state index in [-0.39, 0.29) is 12.4 Å². The van der Waals surface area contributed by atoms with Gasteiger partial charge in [-0.1, -0.05) is 74.3 Å². The molecule has 0 radical (unpaired) electrons. The number of hydrogen-bond donors (Lipinski definition) is 0. The molecule has 26 heavy (non-hydrogen) atoms. The largest absolute Gasteiger partial charge is 0.267 e. The van der Waals surface area contributed by atoms with Crippen molar-refractivity contribution in [3.63, 3.8) is 0 Å². The molecule has 0 saturated carbocycles. The highest BCUT2D eigenvalue weighted by molar-refractivity contribution is 6.36. The Morgan fingerprint density at radius 1 is 1.15 bits per heavy atom. The standard InChI is InChI=1S/C21H22Cl2N2.ClH/c1-5-7-15(13(2)3)21-18-9-6-8-17(20(18)24-25(21)4)16-11-10-14(22)12-19(16)23;/h6-13H,5H2,1-4H3;1H/b15-7+;. The SMILES string of the molecule is CC/C=C(/c1c2cccc(-c3ccc(Cl)cc3Cl)c2nn1C)C(C)C.Cl. The highest BCUT2D eigenvalue weighted by atomic mass is 35.5. The Kier molecular flexibility index (Phi) is 6.79. The van der Waals surface area contributed by atoms with Gasteiger partial charge >= 0.3 is 0 Å². The summed E-state index contributed by atoms with van der Waals surface area (Å²) in [6.07, 6.45) is 3.30. The maximum absolute atomic E-state index is 6.44. The molecule has 0 aliphatic heterocycles. The van der Waals surface area contributed by atoms with Crippen LogP contribution in [0.25, 0.3) is 27.6 Å². The molecule has 0 spiro atoms. The van der Waals surface area contributed by atoms with Gasteiger partial charge in [-0.2, -0.15) is 5.10 Å². The Labute approximate surface area is 171 Å². The molecule has 2 aromatic carbocycles. The smallest absolute Gasteiger partial charge is 0.101 e. The first-order chi connectivity index (χ1) is 11.9. The quantitative estimate of drug-likeness (QED) is 0.438. The molecule has 0 aliphatic carbocycles. The summed E-state index contributed by atoms with van der Waals surface area (Å²) in [6, 6.07) is 11.9. The summed E-state index contributed by atoms with van der Waals surface area (Å²) in [7, 11) is 2.01. The van der Waals surface area contributed by atoms with Gasteiger partial charge in [-0.25, -0.2) is 0 Å². The lowest BCUT2D eigenvalue weighted by Gasteiger charge is -2.12. The van der Waals surface area contributed by atoms with Crippen molar-refractivity contribution in [3.8, 4) is 11.1 Å². The maximum atomic E-state index is 6.44. The molecule has 2 nitrogen and oxygen atoms in total. The summed E-state index contributed by atoms with van der Waals surface area (Å²) in [5.74, 6) is 0.432. The molecule has 0 fully saturated rings. The van der Waals surface area contributed by atoms with Gasteiger partial charge in [-0.15, -0.1) is 12.4 Å². The summed E-state index contributed by atoms with van der Waals surface area (Å²) >= 11 is 12.5. The van der Waals surface area contributed by atoms with Crippen LogP contribution in [0.2, 0.25) is 10.0 Å². The number of hydrogen-bond acceptors (Lipinski definition) is 1. The van der Waals surface area contributed by atoms with Crippen molar-refractivity contribution in [2.45, 2.75) is 27.2 Å². The van der Waals surface area contributed by atoms with E-state index < -0.39 is 0 Å². The number of aromatic nitrogens is 2.